The van der Waals surface area contributed by atoms with Crippen molar-refractivity contribution in [2.75, 3.05) is 25.7 Å². The normalized spacial score (nSPS) is 11.3. The zero-order valence-electron chi connectivity index (χ0n) is 19.4. The maximum atomic E-state index is 12.0. The summed E-state index contributed by atoms with van der Waals surface area (Å²) in [6.45, 7) is 0. The number of anilines is 2. The molecule has 0 bridgehead atoms. The minimum absolute atomic E-state index is 0.0734. The van der Waals surface area contributed by atoms with Crippen molar-refractivity contribution in [1.29, 1.82) is 0 Å². The van der Waals surface area contributed by atoms with E-state index in [2.05, 4.69) is 15.0 Å². The minimum Gasteiger partial charge on any atom is -0.493 e. The first kappa shape index (κ1) is 23.3. The largest absolute Gasteiger partial charge is 0.493 e. The second-order valence-corrected chi connectivity index (χ2v) is 8.63. The molecule has 11 heteroatoms. The number of rotatable bonds is 7. The van der Waals surface area contributed by atoms with E-state index in [4.69, 9.17) is 37.0 Å². The number of carboxylic acids is 1. The number of nitrogens with one attached hydrogen (secondary N) is 1. The molecule has 0 saturated heterocycles. The predicted octanol–water partition coefficient (Wildman–Crippen LogP) is 4.42. The monoisotopic (exact) mass is 507 g/mol. The minimum atomic E-state index is -1.08. The summed E-state index contributed by atoms with van der Waals surface area (Å²) in [6.07, 6.45) is 2.16. The number of carboxylic acid groups (broad SMARTS) is 1. The summed E-state index contributed by atoms with van der Waals surface area (Å²) in [5.41, 5.74) is 15.0. The van der Waals surface area contributed by atoms with Crippen molar-refractivity contribution in [3.63, 3.8) is 0 Å². The Labute approximate surface area is 209 Å². The van der Waals surface area contributed by atoms with Crippen LogP contribution in [0.4, 0.5) is 11.8 Å². The fourth-order valence-corrected chi connectivity index (χ4v) is 4.55. The molecule has 0 unspecified atom stereocenters. The lowest BCUT2D eigenvalue weighted by Gasteiger charge is -2.12. The summed E-state index contributed by atoms with van der Waals surface area (Å²) in [5.74, 6) is 0.712. The molecule has 5 aromatic rings. The van der Waals surface area contributed by atoms with Gasteiger partial charge in [-0.2, -0.15) is 4.98 Å². The van der Waals surface area contributed by atoms with Crippen LogP contribution in [0.5, 0.6) is 11.5 Å². The number of nitrogens with two attached hydrogens (primary N) is 2. The van der Waals surface area contributed by atoms with Gasteiger partial charge in [0, 0.05) is 45.9 Å². The maximum absolute atomic E-state index is 12.0. The first-order valence-electron chi connectivity index (χ1n) is 10.9. The molecule has 0 saturated carbocycles. The molecule has 2 aromatic carbocycles. The number of aromatic carboxylic acids is 1. The Hall–Kier alpha value is -4.44. The molecule has 0 aliphatic carbocycles. The number of halogens is 1. The van der Waals surface area contributed by atoms with Gasteiger partial charge in [0.05, 0.1) is 14.2 Å². The van der Waals surface area contributed by atoms with Gasteiger partial charge in [-0.25, -0.2) is 9.78 Å². The summed E-state index contributed by atoms with van der Waals surface area (Å²) in [7, 11) is 3.06. The van der Waals surface area contributed by atoms with E-state index in [0.29, 0.717) is 56.3 Å². The molecule has 0 spiro atoms. The van der Waals surface area contributed by atoms with Crippen molar-refractivity contribution in [2.24, 2.45) is 0 Å². The molecule has 184 valence electrons. The highest BCUT2D eigenvalue weighted by molar-refractivity contribution is 6.31. The van der Waals surface area contributed by atoms with Crippen molar-refractivity contribution in [2.45, 2.75) is 12.8 Å². The number of H-pyrrole nitrogens is 1. The number of nitrogens with zero attached hydrogens (tertiary/aromatic N) is 2. The second-order valence-electron chi connectivity index (χ2n) is 8.19. The molecule has 0 radical (unpaired) electrons. The molecule has 3 aromatic heterocycles. The Morgan fingerprint density at radius 1 is 1.11 bits per heavy atom. The van der Waals surface area contributed by atoms with Crippen molar-refractivity contribution in [3.05, 3.63) is 69.7 Å². The molecule has 0 atom stereocenters. The van der Waals surface area contributed by atoms with Crippen LogP contribution >= 0.6 is 11.6 Å². The number of aromatic amines is 1. The van der Waals surface area contributed by atoms with Crippen LogP contribution in [0.1, 0.15) is 32.9 Å². The van der Waals surface area contributed by atoms with Crippen LogP contribution in [-0.2, 0) is 12.8 Å². The summed E-state index contributed by atoms with van der Waals surface area (Å²) in [6, 6.07) is 8.88. The zero-order chi connectivity index (χ0) is 25.6. The van der Waals surface area contributed by atoms with Gasteiger partial charge in [0.15, 0.2) is 11.3 Å². The summed E-state index contributed by atoms with van der Waals surface area (Å²) >= 11 is 6.20. The zero-order valence-corrected chi connectivity index (χ0v) is 20.1. The van der Waals surface area contributed by atoms with E-state index in [9.17, 15) is 9.90 Å². The van der Waals surface area contributed by atoms with E-state index >= 15 is 0 Å². The maximum Gasteiger partial charge on any atom is 0.352 e. The van der Waals surface area contributed by atoms with Gasteiger partial charge in [0.2, 0.25) is 11.7 Å². The third kappa shape index (κ3) is 4.01. The van der Waals surface area contributed by atoms with Crippen LogP contribution < -0.4 is 20.9 Å². The number of carbonyl (C=O) groups is 1. The Morgan fingerprint density at radius 3 is 2.61 bits per heavy atom. The van der Waals surface area contributed by atoms with Gasteiger partial charge in [-0.15, -0.1) is 0 Å². The topological polar surface area (TPSA) is 163 Å². The third-order valence-electron chi connectivity index (χ3n) is 6.02. The van der Waals surface area contributed by atoms with Crippen LogP contribution in [0.3, 0.4) is 0 Å². The van der Waals surface area contributed by atoms with Gasteiger partial charge in [0.25, 0.3) is 0 Å². The van der Waals surface area contributed by atoms with Crippen molar-refractivity contribution < 1.29 is 23.8 Å². The Morgan fingerprint density at radius 2 is 1.92 bits per heavy atom. The molecular formula is C25H22ClN5O5. The number of aromatic nitrogens is 3. The van der Waals surface area contributed by atoms with Gasteiger partial charge in [-0.3, -0.25) is 0 Å². The van der Waals surface area contributed by atoms with E-state index in [-0.39, 0.29) is 23.9 Å². The number of hydrogen-bond donors (Lipinski definition) is 4. The molecule has 0 aliphatic heterocycles. The van der Waals surface area contributed by atoms with Gasteiger partial charge in [-0.1, -0.05) is 11.6 Å². The summed E-state index contributed by atoms with van der Waals surface area (Å²) in [4.78, 5) is 23.0. The number of nitrogen functional groups attached to an aromatic ring is 2. The lowest BCUT2D eigenvalue weighted by molar-refractivity contribution is 0.0690. The molecular weight excluding hydrogens is 486 g/mol. The van der Waals surface area contributed by atoms with Crippen LogP contribution in [0.2, 0.25) is 5.02 Å². The fourth-order valence-electron chi connectivity index (χ4n) is 4.38. The van der Waals surface area contributed by atoms with Gasteiger partial charge < -0.3 is 35.4 Å². The average Bonchev–Trinajstić information content (AvgIpc) is 3.42. The highest BCUT2D eigenvalue weighted by Gasteiger charge is 2.23. The number of fused-ring (bicyclic) bond motifs is 2. The fraction of sp³-hybridized carbons (Fsp3) is 0.160. The number of benzene rings is 2. The molecule has 0 amide bonds. The van der Waals surface area contributed by atoms with Crippen LogP contribution in [0, 0.1) is 0 Å². The van der Waals surface area contributed by atoms with E-state index in [1.54, 1.807) is 24.4 Å². The highest BCUT2D eigenvalue weighted by Crippen LogP contribution is 2.41. The number of ether oxygens (including phenoxy) is 2. The van der Waals surface area contributed by atoms with E-state index in [1.165, 1.54) is 14.2 Å². The van der Waals surface area contributed by atoms with E-state index in [1.807, 2.05) is 12.1 Å². The van der Waals surface area contributed by atoms with Gasteiger partial charge in [-0.05, 0) is 41.5 Å². The van der Waals surface area contributed by atoms with Crippen molar-refractivity contribution in [3.8, 4) is 11.5 Å². The SMILES string of the molecule is COc1cc(Cc2cnc(N)nc2N)c2cc(Cc3c(C(=O)O)[nH]c4ccc(Cl)cc34)oc2c1OC. The Balaban J connectivity index is 1.66. The first-order valence-corrected chi connectivity index (χ1v) is 11.2. The van der Waals surface area contributed by atoms with Gasteiger partial charge >= 0.3 is 5.97 Å². The molecule has 5 rings (SSSR count). The second kappa shape index (κ2) is 8.97. The third-order valence-corrected chi connectivity index (χ3v) is 6.25. The Kier molecular flexibility index (Phi) is 5.81. The average molecular weight is 508 g/mol. The molecule has 3 heterocycles. The number of methoxy groups -OCH3 is 2. The predicted molar refractivity (Wildman–Crippen MR) is 136 cm³/mol. The standard InChI is InChI=1S/C25H22ClN5O5/c1-34-19-6-11(5-12-10-29-25(28)31-23(12)27)15-8-14(36-21(15)22(19)35-2)9-17-16-7-13(26)3-4-18(16)30-20(17)24(32)33/h3-4,6-8,10,30H,5,9H2,1-2H3,(H,32,33)(H4,27,28,29,31). The van der Waals surface area contributed by atoms with Crippen molar-refractivity contribution >= 4 is 51.2 Å². The Bertz CT molecular complexity index is 1640. The van der Waals surface area contributed by atoms with Gasteiger partial charge in [0.1, 0.15) is 17.3 Å². The molecule has 0 aliphatic rings. The smallest absolute Gasteiger partial charge is 0.352 e. The van der Waals surface area contributed by atoms with Crippen molar-refractivity contribution in [1.82, 2.24) is 15.0 Å². The number of furan rings is 1. The molecule has 10 nitrogen and oxygen atoms in total. The molecule has 6 N–H and O–H groups in total. The summed E-state index contributed by atoms with van der Waals surface area (Å²) < 4.78 is 17.4. The van der Waals surface area contributed by atoms with E-state index < -0.39 is 5.97 Å². The van der Waals surface area contributed by atoms with Crippen LogP contribution in [-0.4, -0.2) is 40.2 Å². The number of hydrogen-bond acceptors (Lipinski definition) is 8. The first-order chi connectivity index (χ1) is 17.3. The summed E-state index contributed by atoms with van der Waals surface area (Å²) in [5, 5.41) is 11.8. The van der Waals surface area contributed by atoms with Crippen LogP contribution in [0.25, 0.3) is 21.9 Å². The highest BCUT2D eigenvalue weighted by atomic mass is 35.5. The molecule has 0 fully saturated rings. The molecule has 36 heavy (non-hydrogen) atoms. The quantitative estimate of drug-likeness (QED) is 0.249. The lowest BCUT2D eigenvalue weighted by atomic mass is 10.0. The lowest BCUT2D eigenvalue weighted by Crippen LogP contribution is -2.04. The van der Waals surface area contributed by atoms with Crippen LogP contribution in [0.15, 0.2) is 40.9 Å². The van der Waals surface area contributed by atoms with E-state index in [0.717, 1.165) is 10.9 Å².